The molecule has 4 unspecified atom stereocenters. The van der Waals surface area contributed by atoms with Gasteiger partial charge in [-0.1, -0.05) is 27.7 Å². The van der Waals surface area contributed by atoms with Gasteiger partial charge in [-0.15, -0.1) is 0 Å². The second kappa shape index (κ2) is 13.4. The molecule has 0 aromatic heterocycles. The van der Waals surface area contributed by atoms with Crippen LogP contribution in [-0.4, -0.2) is 66.7 Å². The van der Waals surface area contributed by atoms with E-state index < -0.39 is 34.0 Å². The van der Waals surface area contributed by atoms with Gasteiger partial charge < -0.3 is 26.2 Å². The molecule has 1 aliphatic heterocycles. The van der Waals surface area contributed by atoms with Crippen LogP contribution in [0.2, 0.25) is 43.9 Å². The molecular formula is C20H48O6Si4. The van der Waals surface area contributed by atoms with E-state index in [1.54, 1.807) is 0 Å². The van der Waals surface area contributed by atoms with Gasteiger partial charge in [0, 0.05) is 32.1 Å². The molecule has 0 saturated carbocycles. The standard InChI is InChI=1S/C20H48O6Si4/c1-9-13-21-27(5)17-18-28(6,22-14-10-2)26-30(8,24-16-12-4)20-29(7,25-19-27)23-15-11-3/h9-20H2,1-8H3. The highest BCUT2D eigenvalue weighted by atomic mass is 28.5. The molecule has 0 bridgehead atoms. The first-order valence-corrected chi connectivity index (χ1v) is 22.4. The molecule has 0 aliphatic carbocycles. The summed E-state index contributed by atoms with van der Waals surface area (Å²) in [6.07, 6.45) is 4.67. The lowest BCUT2D eigenvalue weighted by atomic mass is 10.5. The first-order chi connectivity index (χ1) is 14.1. The summed E-state index contributed by atoms with van der Waals surface area (Å²) in [7, 11) is -9.42. The van der Waals surface area contributed by atoms with Crippen LogP contribution in [-0.2, 0) is 26.2 Å². The van der Waals surface area contributed by atoms with Crippen molar-refractivity contribution in [3.05, 3.63) is 0 Å². The lowest BCUT2D eigenvalue weighted by Gasteiger charge is -2.43. The zero-order valence-corrected chi connectivity index (χ0v) is 24.9. The number of rotatable bonds is 12. The van der Waals surface area contributed by atoms with E-state index in [1.807, 2.05) is 0 Å². The van der Waals surface area contributed by atoms with Crippen molar-refractivity contribution in [2.24, 2.45) is 0 Å². The van der Waals surface area contributed by atoms with E-state index >= 15 is 0 Å². The van der Waals surface area contributed by atoms with Gasteiger partial charge in [-0.05, 0) is 64.0 Å². The van der Waals surface area contributed by atoms with E-state index in [4.69, 9.17) is 26.2 Å². The van der Waals surface area contributed by atoms with E-state index in [0.29, 0.717) is 12.8 Å². The molecule has 30 heavy (non-hydrogen) atoms. The molecule has 1 rings (SSSR count). The molecule has 1 fully saturated rings. The molecule has 0 radical (unpaired) electrons. The van der Waals surface area contributed by atoms with E-state index in [2.05, 4.69) is 53.9 Å². The van der Waals surface area contributed by atoms with Gasteiger partial charge in [-0.2, -0.15) is 0 Å². The maximum absolute atomic E-state index is 6.95. The van der Waals surface area contributed by atoms with Gasteiger partial charge in [0.15, 0.2) is 0 Å². The first-order valence-electron chi connectivity index (χ1n) is 12.0. The zero-order chi connectivity index (χ0) is 22.7. The normalized spacial score (nSPS) is 36.0. The number of hydrogen-bond acceptors (Lipinski definition) is 6. The van der Waals surface area contributed by atoms with Crippen molar-refractivity contribution >= 4 is 34.0 Å². The third-order valence-electron chi connectivity index (χ3n) is 5.35. The Labute approximate surface area is 190 Å². The fourth-order valence-electron chi connectivity index (χ4n) is 3.74. The molecule has 1 aliphatic rings. The van der Waals surface area contributed by atoms with Crippen LogP contribution in [0.5, 0.6) is 0 Å². The second-order valence-electron chi connectivity index (χ2n) is 9.31. The van der Waals surface area contributed by atoms with Gasteiger partial charge in [0.1, 0.15) is 0 Å². The third-order valence-corrected chi connectivity index (χ3v) is 22.1. The predicted molar refractivity (Wildman–Crippen MR) is 133 cm³/mol. The average Bonchev–Trinajstić information content (AvgIpc) is 2.70. The lowest BCUT2D eigenvalue weighted by Crippen LogP contribution is -2.60. The summed E-state index contributed by atoms with van der Waals surface area (Å²) in [5.74, 6) is 0. The summed E-state index contributed by atoms with van der Waals surface area (Å²) in [6.45, 7) is 20.5. The molecule has 6 nitrogen and oxygen atoms in total. The van der Waals surface area contributed by atoms with Crippen LogP contribution < -0.4 is 0 Å². The highest BCUT2D eigenvalue weighted by molar-refractivity contribution is 6.90. The molecule has 0 spiro atoms. The van der Waals surface area contributed by atoms with Gasteiger partial charge >= 0.3 is 25.7 Å². The Bertz CT molecular complexity index is 458. The fraction of sp³-hybridized carbons (Fsp3) is 1.00. The molecule has 0 amide bonds. The summed E-state index contributed by atoms with van der Waals surface area (Å²) in [5.41, 5.74) is 0.774. The quantitative estimate of drug-likeness (QED) is 0.327. The van der Waals surface area contributed by atoms with Crippen LogP contribution in [0.3, 0.4) is 0 Å². The van der Waals surface area contributed by atoms with Crippen LogP contribution in [0, 0.1) is 0 Å². The van der Waals surface area contributed by atoms with Crippen LogP contribution in [0.25, 0.3) is 0 Å². The van der Waals surface area contributed by atoms with Gasteiger partial charge in [0.2, 0.25) is 8.32 Å². The topological polar surface area (TPSA) is 55.4 Å². The second-order valence-corrected chi connectivity index (χ2v) is 24.0. The van der Waals surface area contributed by atoms with Gasteiger partial charge in [-0.25, -0.2) is 0 Å². The molecule has 10 heteroatoms. The van der Waals surface area contributed by atoms with Crippen molar-refractivity contribution in [2.45, 2.75) is 97.3 Å². The highest BCUT2D eigenvalue weighted by Gasteiger charge is 2.52. The van der Waals surface area contributed by atoms with Crippen molar-refractivity contribution in [3.8, 4) is 0 Å². The number of hydrogen-bond donors (Lipinski definition) is 0. The van der Waals surface area contributed by atoms with Crippen LogP contribution in [0.1, 0.15) is 53.4 Å². The van der Waals surface area contributed by atoms with E-state index in [-0.39, 0.29) is 0 Å². The Kier molecular flexibility index (Phi) is 12.8. The first kappa shape index (κ1) is 28.7. The average molecular weight is 497 g/mol. The van der Waals surface area contributed by atoms with E-state index in [9.17, 15) is 0 Å². The Balaban J connectivity index is 3.24. The van der Waals surface area contributed by atoms with Crippen molar-refractivity contribution in [2.75, 3.05) is 32.7 Å². The van der Waals surface area contributed by atoms with Crippen molar-refractivity contribution in [1.82, 2.24) is 0 Å². The van der Waals surface area contributed by atoms with Crippen LogP contribution >= 0.6 is 0 Å². The maximum Gasteiger partial charge on any atom is 0.336 e. The summed E-state index contributed by atoms with van der Waals surface area (Å²) >= 11 is 0. The zero-order valence-electron chi connectivity index (χ0n) is 20.9. The summed E-state index contributed by atoms with van der Waals surface area (Å²) in [4.78, 5) is 0. The smallest absolute Gasteiger partial charge is 0.336 e. The largest absolute Gasteiger partial charge is 0.415 e. The summed E-state index contributed by atoms with van der Waals surface area (Å²) in [6, 6.07) is 1.94. The Morgan fingerprint density at radius 3 is 1.60 bits per heavy atom. The van der Waals surface area contributed by atoms with Crippen molar-refractivity contribution < 1.29 is 26.2 Å². The third kappa shape index (κ3) is 10.1. The van der Waals surface area contributed by atoms with Gasteiger partial charge in [-0.3, -0.25) is 0 Å². The Hall–Kier alpha value is 0.628. The minimum absolute atomic E-state index is 0.690. The monoisotopic (exact) mass is 496 g/mol. The molecule has 0 N–H and O–H groups in total. The summed E-state index contributed by atoms with van der Waals surface area (Å²) in [5, 5.41) is 0. The highest BCUT2D eigenvalue weighted by Crippen LogP contribution is 2.34. The fourth-order valence-corrected chi connectivity index (χ4v) is 24.7. The van der Waals surface area contributed by atoms with Gasteiger partial charge in [0.05, 0.1) is 6.23 Å². The van der Waals surface area contributed by atoms with Gasteiger partial charge in [0.25, 0.3) is 0 Å². The van der Waals surface area contributed by atoms with Crippen molar-refractivity contribution in [3.63, 3.8) is 0 Å². The minimum Gasteiger partial charge on any atom is -0.415 e. The SMILES string of the molecule is CCCO[Si]1(C)CC[Si](C)(OCCC)O[Si](C)(OCCC)C[Si](C)(OCCC)OC1. The van der Waals surface area contributed by atoms with Crippen molar-refractivity contribution in [1.29, 1.82) is 0 Å². The molecular weight excluding hydrogens is 449 g/mol. The molecule has 0 aromatic rings. The minimum atomic E-state index is -2.51. The maximum atomic E-state index is 6.95. The van der Waals surface area contributed by atoms with E-state index in [1.165, 1.54) is 0 Å². The van der Waals surface area contributed by atoms with Crippen LogP contribution in [0.15, 0.2) is 0 Å². The molecule has 1 heterocycles. The van der Waals surface area contributed by atoms with Crippen LogP contribution in [0.4, 0.5) is 0 Å². The predicted octanol–water partition coefficient (Wildman–Crippen LogP) is 5.61. The Morgan fingerprint density at radius 1 is 0.600 bits per heavy atom. The Morgan fingerprint density at radius 2 is 1.07 bits per heavy atom. The summed E-state index contributed by atoms with van der Waals surface area (Å²) < 4.78 is 39.3. The molecule has 180 valence electrons. The van der Waals surface area contributed by atoms with E-state index in [0.717, 1.165) is 63.3 Å². The molecule has 1 saturated heterocycles. The lowest BCUT2D eigenvalue weighted by molar-refractivity contribution is 0.164. The molecule has 4 atom stereocenters. The molecule has 0 aromatic carbocycles.